The molecule has 170 valence electrons. The van der Waals surface area contributed by atoms with Crippen molar-refractivity contribution < 1.29 is 38.1 Å². The zero-order valence-corrected chi connectivity index (χ0v) is 18.1. The zero-order chi connectivity index (χ0) is 23.0. The maximum absolute atomic E-state index is 12.8. The van der Waals surface area contributed by atoms with E-state index in [0.717, 1.165) is 0 Å². The normalized spacial score (nSPS) is 24.7. The number of hydrogen-bond donors (Lipinski definition) is 1. The van der Waals surface area contributed by atoms with Crippen molar-refractivity contribution in [3.63, 3.8) is 0 Å². The molecule has 10 nitrogen and oxygen atoms in total. The maximum Gasteiger partial charge on any atom is 0.508 e. The quantitative estimate of drug-likeness (QED) is 0.215. The number of rotatable bonds is 11. The fraction of sp³-hybridized carbons (Fsp3) is 0.500. The van der Waals surface area contributed by atoms with E-state index >= 15 is 0 Å². The number of ether oxygens (including phenoxy) is 4. The number of thioether (sulfide) groups is 1. The van der Waals surface area contributed by atoms with E-state index in [1.165, 1.54) is 34.9 Å². The number of nitrogens with one attached hydrogen (secondary N) is 1. The molecule has 2 aliphatic heterocycles. The summed E-state index contributed by atoms with van der Waals surface area (Å²) >= 11 is 1.17. The molecule has 31 heavy (non-hydrogen) atoms. The molecule has 4 atom stereocenters. The Kier molecular flexibility index (Phi) is 8.55. The molecule has 2 fully saturated rings. The summed E-state index contributed by atoms with van der Waals surface area (Å²) in [6, 6.07) is 0. The molecule has 0 aromatic carbocycles. The second-order valence-electron chi connectivity index (χ2n) is 6.80. The third-order valence-corrected chi connectivity index (χ3v) is 6.30. The number of carbonyl (C=O) groups is 4. The van der Waals surface area contributed by atoms with Crippen molar-refractivity contribution in [2.75, 3.05) is 32.9 Å². The predicted octanol–water partition coefficient (Wildman–Crippen LogP) is 1.63. The first-order chi connectivity index (χ1) is 14.8. The molecule has 2 rings (SSSR count). The third-order valence-electron chi connectivity index (χ3n) is 4.62. The van der Waals surface area contributed by atoms with Crippen molar-refractivity contribution in [1.82, 2.24) is 10.2 Å². The zero-order valence-electron chi connectivity index (χ0n) is 17.2. The van der Waals surface area contributed by atoms with E-state index in [2.05, 4.69) is 25.1 Å². The van der Waals surface area contributed by atoms with E-state index in [-0.39, 0.29) is 38.8 Å². The molecule has 0 spiro atoms. The number of fused-ring (bicyclic) bond motifs is 1. The van der Waals surface area contributed by atoms with Gasteiger partial charge in [-0.2, -0.15) is 0 Å². The summed E-state index contributed by atoms with van der Waals surface area (Å²) in [6.45, 7) is 11.9. The lowest BCUT2D eigenvalue weighted by atomic mass is 9.91. The highest BCUT2D eigenvalue weighted by atomic mass is 32.2. The van der Waals surface area contributed by atoms with Gasteiger partial charge in [-0.15, -0.1) is 11.8 Å². The van der Waals surface area contributed by atoms with Crippen LogP contribution in [0.1, 0.15) is 6.92 Å². The van der Waals surface area contributed by atoms with E-state index in [1.807, 2.05) is 0 Å². The molecule has 1 N–H and O–H groups in total. The van der Waals surface area contributed by atoms with Crippen LogP contribution in [0.5, 0.6) is 0 Å². The van der Waals surface area contributed by atoms with Crippen LogP contribution in [-0.4, -0.2) is 78.2 Å². The molecule has 0 aliphatic carbocycles. The van der Waals surface area contributed by atoms with E-state index in [1.54, 1.807) is 6.92 Å². The number of alkyl carbamates (subject to hydrolysis) is 1. The molecule has 0 radical (unpaired) electrons. The number of β-lactam (4-membered cyclic amide) rings is 1. The van der Waals surface area contributed by atoms with Crippen LogP contribution in [0.2, 0.25) is 0 Å². The van der Waals surface area contributed by atoms with Crippen molar-refractivity contribution in [3.8, 4) is 0 Å². The van der Waals surface area contributed by atoms with E-state index in [9.17, 15) is 19.2 Å². The van der Waals surface area contributed by atoms with E-state index < -0.39 is 40.4 Å². The van der Waals surface area contributed by atoms with Gasteiger partial charge in [0.2, 0.25) is 5.91 Å². The molecule has 2 heterocycles. The van der Waals surface area contributed by atoms with Crippen LogP contribution < -0.4 is 5.32 Å². The molecule has 2 amide bonds. The Hall–Kier alpha value is -2.95. The topological polar surface area (TPSA) is 120 Å². The highest BCUT2D eigenvalue weighted by Crippen LogP contribution is 2.51. The van der Waals surface area contributed by atoms with E-state index in [0.29, 0.717) is 0 Å². The van der Waals surface area contributed by atoms with Crippen LogP contribution >= 0.6 is 11.8 Å². The van der Waals surface area contributed by atoms with Crippen LogP contribution in [0.4, 0.5) is 9.59 Å². The lowest BCUT2D eigenvalue weighted by molar-refractivity contribution is -0.157. The molecular formula is C20H26N2O8S. The van der Waals surface area contributed by atoms with Gasteiger partial charge in [-0.05, 0) is 6.92 Å². The lowest BCUT2D eigenvalue weighted by Gasteiger charge is -2.43. The Labute approximate surface area is 184 Å². The molecule has 2 aliphatic rings. The summed E-state index contributed by atoms with van der Waals surface area (Å²) in [4.78, 5) is 50.5. The fourth-order valence-corrected chi connectivity index (χ4v) is 4.94. The van der Waals surface area contributed by atoms with Crippen LogP contribution in [-0.2, 0) is 28.5 Å². The molecule has 0 bridgehead atoms. The molecule has 11 heteroatoms. The fourth-order valence-electron chi connectivity index (χ4n) is 3.17. The molecule has 0 saturated carbocycles. The summed E-state index contributed by atoms with van der Waals surface area (Å²) in [5.41, 5.74) is 0. The van der Waals surface area contributed by atoms with Gasteiger partial charge in [0, 0.05) is 13.1 Å². The highest BCUT2D eigenvalue weighted by molar-refractivity contribution is 8.02. The van der Waals surface area contributed by atoms with Gasteiger partial charge in [0.25, 0.3) is 0 Å². The molecule has 0 aromatic rings. The number of carbonyl (C=O) groups excluding carboxylic acids is 4. The SMILES string of the molecule is C=CCOC(=O)NCC1(C(=O)OCC=C)CN2C(=O)[C@H](C(C)OC(=O)OCC=C)[C@H]2S1. The van der Waals surface area contributed by atoms with Crippen LogP contribution in [0.25, 0.3) is 0 Å². The number of esters is 1. The van der Waals surface area contributed by atoms with Gasteiger partial charge >= 0.3 is 18.2 Å². The summed E-state index contributed by atoms with van der Waals surface area (Å²) in [5, 5.41) is 2.10. The lowest BCUT2D eigenvalue weighted by Crippen LogP contribution is -2.61. The van der Waals surface area contributed by atoms with Gasteiger partial charge in [-0.25, -0.2) is 9.59 Å². The first-order valence-corrected chi connectivity index (χ1v) is 10.4. The second kappa shape index (κ2) is 10.9. The van der Waals surface area contributed by atoms with Crippen molar-refractivity contribution in [3.05, 3.63) is 38.0 Å². The Bertz CT molecular complexity index is 757. The Morgan fingerprint density at radius 2 is 1.77 bits per heavy atom. The Morgan fingerprint density at radius 1 is 1.16 bits per heavy atom. The highest BCUT2D eigenvalue weighted by Gasteiger charge is 2.64. The second-order valence-corrected chi connectivity index (χ2v) is 8.30. The van der Waals surface area contributed by atoms with Crippen molar-refractivity contribution in [2.45, 2.75) is 23.1 Å². The van der Waals surface area contributed by atoms with Gasteiger partial charge in [-0.1, -0.05) is 38.0 Å². The summed E-state index contributed by atoms with van der Waals surface area (Å²) in [6.07, 6.45) is 1.81. The summed E-state index contributed by atoms with van der Waals surface area (Å²) in [5.74, 6) is -1.53. The third kappa shape index (κ3) is 5.60. The van der Waals surface area contributed by atoms with Crippen molar-refractivity contribution in [2.24, 2.45) is 5.92 Å². The summed E-state index contributed by atoms with van der Waals surface area (Å²) < 4.78 is 18.8. The minimum absolute atomic E-state index is 0.0129. The first-order valence-electron chi connectivity index (χ1n) is 9.52. The van der Waals surface area contributed by atoms with Crippen molar-refractivity contribution in [1.29, 1.82) is 0 Å². The number of nitrogens with zero attached hydrogens (tertiary/aromatic N) is 1. The molecule has 2 unspecified atom stereocenters. The molecular weight excluding hydrogens is 428 g/mol. The van der Waals surface area contributed by atoms with Crippen LogP contribution in [0.15, 0.2) is 38.0 Å². The summed E-state index contributed by atoms with van der Waals surface area (Å²) in [7, 11) is 0. The minimum Gasteiger partial charge on any atom is -0.460 e. The average molecular weight is 455 g/mol. The van der Waals surface area contributed by atoms with Gasteiger partial charge in [0.15, 0.2) is 4.75 Å². The standard InChI is InChI=1S/C20H26N2O8S/c1-5-8-27-17(24)20(11-21-18(25)28-9-6-2)12-22-15(23)14(16(22)31-20)13(4)30-19(26)29-10-7-3/h5-7,13-14,16H,1-3,8-12H2,4H3,(H,21,25)/t13?,14-,16+,20?/m0/s1. The molecule has 0 aromatic heterocycles. The maximum atomic E-state index is 12.8. The van der Waals surface area contributed by atoms with Crippen LogP contribution in [0.3, 0.4) is 0 Å². The first kappa shape index (κ1) is 24.3. The average Bonchev–Trinajstić information content (AvgIpc) is 3.08. The number of hydrogen-bond acceptors (Lipinski definition) is 9. The van der Waals surface area contributed by atoms with Crippen molar-refractivity contribution >= 4 is 35.9 Å². The molecule has 2 saturated heterocycles. The monoisotopic (exact) mass is 454 g/mol. The minimum atomic E-state index is -1.24. The van der Waals surface area contributed by atoms with Gasteiger partial charge in [0.05, 0.1) is 5.37 Å². The van der Waals surface area contributed by atoms with Gasteiger partial charge < -0.3 is 29.2 Å². The smallest absolute Gasteiger partial charge is 0.460 e. The largest absolute Gasteiger partial charge is 0.508 e. The van der Waals surface area contributed by atoms with Gasteiger partial charge in [0.1, 0.15) is 31.8 Å². The Balaban J connectivity index is 2.09. The number of amides is 2. The van der Waals surface area contributed by atoms with E-state index in [4.69, 9.17) is 18.9 Å². The predicted molar refractivity (Wildman–Crippen MR) is 112 cm³/mol. The Morgan fingerprint density at radius 3 is 2.42 bits per heavy atom. The van der Waals surface area contributed by atoms with Crippen LogP contribution in [0, 0.1) is 5.92 Å². The van der Waals surface area contributed by atoms with Gasteiger partial charge in [-0.3, -0.25) is 9.59 Å².